The smallest absolute Gasteiger partial charge is 0.230 e. The lowest BCUT2D eigenvalue weighted by Gasteiger charge is -2.32. The van der Waals surface area contributed by atoms with E-state index >= 15 is 0 Å². The highest BCUT2D eigenvalue weighted by Gasteiger charge is 2.43. The molecule has 4 nitrogen and oxygen atoms in total. The van der Waals surface area contributed by atoms with Crippen molar-refractivity contribution in [2.75, 3.05) is 19.6 Å². The fourth-order valence-corrected chi connectivity index (χ4v) is 4.32. The maximum atomic E-state index is 13.8. The quantitative estimate of drug-likeness (QED) is 0.746. The minimum atomic E-state index is -0.626. The first-order chi connectivity index (χ1) is 13.1. The Balaban J connectivity index is 1.79. The number of halogens is 1. The van der Waals surface area contributed by atoms with Gasteiger partial charge in [0, 0.05) is 6.54 Å². The first-order valence-electron chi connectivity index (χ1n) is 9.92. The van der Waals surface area contributed by atoms with E-state index in [2.05, 4.69) is 24.1 Å². The van der Waals surface area contributed by atoms with Crippen molar-refractivity contribution >= 4 is 5.91 Å². The van der Waals surface area contributed by atoms with Crippen molar-refractivity contribution in [3.63, 3.8) is 0 Å². The fraction of sp³-hybridized carbons (Fsp3) is 0.500. The monoisotopic (exact) mass is 372 g/mol. The number of furan rings is 1. The van der Waals surface area contributed by atoms with Crippen LogP contribution in [0, 0.1) is 5.82 Å². The second-order valence-corrected chi connectivity index (χ2v) is 7.26. The Hall–Kier alpha value is -2.14. The van der Waals surface area contributed by atoms with Crippen LogP contribution in [0.4, 0.5) is 4.39 Å². The van der Waals surface area contributed by atoms with Gasteiger partial charge in [-0.25, -0.2) is 4.39 Å². The van der Waals surface area contributed by atoms with Gasteiger partial charge in [-0.05, 0) is 55.8 Å². The Morgan fingerprint density at radius 1 is 1.22 bits per heavy atom. The third kappa shape index (κ3) is 4.08. The molecule has 1 atom stereocenters. The summed E-state index contributed by atoms with van der Waals surface area (Å²) < 4.78 is 19.4. The highest BCUT2D eigenvalue weighted by Crippen LogP contribution is 2.41. The molecular weight excluding hydrogens is 343 g/mol. The molecule has 0 radical (unpaired) electrons. The first kappa shape index (κ1) is 19.6. The van der Waals surface area contributed by atoms with Gasteiger partial charge in [-0.1, -0.05) is 38.8 Å². The predicted octanol–water partition coefficient (Wildman–Crippen LogP) is 4.43. The number of nitrogens with one attached hydrogen (secondary N) is 1. The molecule has 146 valence electrons. The van der Waals surface area contributed by atoms with Crippen molar-refractivity contribution in [1.82, 2.24) is 10.2 Å². The lowest BCUT2D eigenvalue weighted by molar-refractivity contribution is -0.127. The molecule has 5 heteroatoms. The van der Waals surface area contributed by atoms with E-state index in [1.807, 2.05) is 18.2 Å². The summed E-state index contributed by atoms with van der Waals surface area (Å²) in [5, 5.41) is 3.16. The van der Waals surface area contributed by atoms with Crippen LogP contribution in [0.3, 0.4) is 0 Å². The average Bonchev–Trinajstić information content (AvgIpc) is 3.37. The number of carbonyl (C=O) groups is 1. The van der Waals surface area contributed by atoms with E-state index in [0.717, 1.165) is 50.1 Å². The van der Waals surface area contributed by atoms with E-state index in [1.165, 1.54) is 12.1 Å². The molecule has 1 aromatic heterocycles. The molecular formula is C22H29FN2O2. The molecule has 1 amide bonds. The van der Waals surface area contributed by atoms with E-state index < -0.39 is 5.41 Å². The maximum Gasteiger partial charge on any atom is 0.230 e. The Bertz CT molecular complexity index is 735. The minimum absolute atomic E-state index is 0.00527. The molecule has 1 saturated carbocycles. The van der Waals surface area contributed by atoms with Crippen LogP contribution in [0.2, 0.25) is 0 Å². The number of hydrogen-bond donors (Lipinski definition) is 1. The van der Waals surface area contributed by atoms with Gasteiger partial charge in [0.25, 0.3) is 0 Å². The van der Waals surface area contributed by atoms with Crippen LogP contribution in [0.25, 0.3) is 0 Å². The number of carbonyl (C=O) groups excluding carboxylic acids is 1. The predicted molar refractivity (Wildman–Crippen MR) is 104 cm³/mol. The van der Waals surface area contributed by atoms with Gasteiger partial charge in [0.15, 0.2) is 0 Å². The number of nitrogens with zero attached hydrogens (tertiary/aromatic N) is 1. The van der Waals surface area contributed by atoms with Crippen molar-refractivity contribution in [3.05, 3.63) is 59.8 Å². The summed E-state index contributed by atoms with van der Waals surface area (Å²) in [5.41, 5.74) is 0.161. The summed E-state index contributed by atoms with van der Waals surface area (Å²) in [7, 11) is 0. The van der Waals surface area contributed by atoms with E-state index in [9.17, 15) is 9.18 Å². The summed E-state index contributed by atoms with van der Waals surface area (Å²) in [4.78, 5) is 15.5. The van der Waals surface area contributed by atoms with Crippen molar-refractivity contribution in [1.29, 1.82) is 0 Å². The van der Waals surface area contributed by atoms with Crippen LogP contribution in [0.15, 0.2) is 47.1 Å². The number of amides is 1. The lowest BCUT2D eigenvalue weighted by atomic mass is 9.78. The molecule has 0 aliphatic heterocycles. The van der Waals surface area contributed by atoms with Gasteiger partial charge in [-0.2, -0.15) is 0 Å². The molecule has 1 fully saturated rings. The number of hydrogen-bond acceptors (Lipinski definition) is 3. The summed E-state index contributed by atoms with van der Waals surface area (Å²) in [6.45, 7) is 6.42. The van der Waals surface area contributed by atoms with E-state index in [-0.39, 0.29) is 17.8 Å². The van der Waals surface area contributed by atoms with Gasteiger partial charge in [-0.15, -0.1) is 0 Å². The van der Waals surface area contributed by atoms with Crippen LogP contribution < -0.4 is 5.32 Å². The molecule has 1 aromatic carbocycles. The van der Waals surface area contributed by atoms with Crippen LogP contribution in [-0.2, 0) is 10.2 Å². The van der Waals surface area contributed by atoms with E-state index in [1.54, 1.807) is 12.3 Å². The first-order valence-corrected chi connectivity index (χ1v) is 9.92. The van der Waals surface area contributed by atoms with Crippen LogP contribution >= 0.6 is 0 Å². The third-order valence-corrected chi connectivity index (χ3v) is 5.85. The molecule has 2 aromatic rings. The second kappa shape index (κ2) is 8.70. The van der Waals surface area contributed by atoms with Gasteiger partial charge >= 0.3 is 0 Å². The van der Waals surface area contributed by atoms with Crippen LogP contribution in [0.5, 0.6) is 0 Å². The minimum Gasteiger partial charge on any atom is -0.468 e. The zero-order valence-corrected chi connectivity index (χ0v) is 16.2. The Labute approximate surface area is 160 Å². The SMILES string of the molecule is CCN(CC)C(CNC(=O)C1(c2cccc(F)c2)CCCC1)c1ccco1. The Morgan fingerprint density at radius 3 is 2.56 bits per heavy atom. The lowest BCUT2D eigenvalue weighted by Crippen LogP contribution is -2.46. The van der Waals surface area contributed by atoms with Gasteiger partial charge < -0.3 is 9.73 Å². The van der Waals surface area contributed by atoms with Gasteiger partial charge in [0.1, 0.15) is 11.6 Å². The molecule has 0 spiro atoms. The Morgan fingerprint density at radius 2 is 1.96 bits per heavy atom. The normalized spacial score (nSPS) is 17.2. The Kier molecular flexibility index (Phi) is 6.32. The molecule has 1 unspecified atom stereocenters. The van der Waals surface area contributed by atoms with Crippen molar-refractivity contribution in [2.45, 2.75) is 51.0 Å². The van der Waals surface area contributed by atoms with Crippen LogP contribution in [0.1, 0.15) is 56.9 Å². The van der Waals surface area contributed by atoms with Crippen LogP contribution in [-0.4, -0.2) is 30.4 Å². The summed E-state index contributed by atoms with van der Waals surface area (Å²) >= 11 is 0. The molecule has 1 aliphatic rings. The van der Waals surface area contributed by atoms with E-state index in [0.29, 0.717) is 6.54 Å². The highest BCUT2D eigenvalue weighted by molar-refractivity contribution is 5.88. The number of rotatable bonds is 8. The van der Waals surface area contributed by atoms with Gasteiger partial charge in [0.2, 0.25) is 5.91 Å². The van der Waals surface area contributed by atoms with Gasteiger partial charge in [0.05, 0.1) is 17.7 Å². The molecule has 1 aliphatic carbocycles. The standard InChI is InChI=1S/C22H29FN2O2/c1-3-25(4-2)19(20-11-8-14-27-20)16-24-21(26)22(12-5-6-13-22)17-9-7-10-18(23)15-17/h7-11,14-15,19H,3-6,12-13,16H2,1-2H3,(H,24,26). The highest BCUT2D eigenvalue weighted by atomic mass is 19.1. The maximum absolute atomic E-state index is 13.8. The topological polar surface area (TPSA) is 45.5 Å². The number of likely N-dealkylation sites (N-methyl/N-ethyl adjacent to an activating group) is 1. The summed E-state index contributed by atoms with van der Waals surface area (Å²) in [5.74, 6) is 0.558. The summed E-state index contributed by atoms with van der Waals surface area (Å²) in [6, 6.07) is 10.3. The van der Waals surface area contributed by atoms with Crippen molar-refractivity contribution in [2.24, 2.45) is 0 Å². The molecule has 27 heavy (non-hydrogen) atoms. The third-order valence-electron chi connectivity index (χ3n) is 5.85. The fourth-order valence-electron chi connectivity index (χ4n) is 4.32. The molecule has 1 heterocycles. The van der Waals surface area contributed by atoms with Crippen molar-refractivity contribution in [3.8, 4) is 0 Å². The number of benzene rings is 1. The van der Waals surface area contributed by atoms with Crippen molar-refractivity contribution < 1.29 is 13.6 Å². The molecule has 3 rings (SSSR count). The molecule has 1 N–H and O–H groups in total. The van der Waals surface area contributed by atoms with Gasteiger partial charge in [-0.3, -0.25) is 9.69 Å². The molecule has 0 saturated heterocycles. The average molecular weight is 372 g/mol. The largest absolute Gasteiger partial charge is 0.468 e. The van der Waals surface area contributed by atoms with E-state index in [4.69, 9.17) is 4.42 Å². The molecule has 0 bridgehead atoms. The summed E-state index contributed by atoms with van der Waals surface area (Å²) in [6.07, 6.45) is 5.17. The zero-order valence-electron chi connectivity index (χ0n) is 16.2. The zero-order chi connectivity index (χ0) is 19.3. The second-order valence-electron chi connectivity index (χ2n) is 7.26.